The first-order valence-corrected chi connectivity index (χ1v) is 6.26. The van der Waals surface area contributed by atoms with E-state index in [1.165, 1.54) is 0 Å². The summed E-state index contributed by atoms with van der Waals surface area (Å²) in [6.45, 7) is 4.50. The average molecular weight is 266 g/mol. The molecular formula is C12H18N4O3. The minimum atomic E-state index is -0.811. The number of likely N-dealkylation sites (tertiary alicyclic amines) is 1. The molecule has 0 aliphatic carbocycles. The number of hydrogen-bond acceptors (Lipinski definition) is 3. The van der Waals surface area contributed by atoms with E-state index in [1.54, 1.807) is 24.2 Å². The van der Waals surface area contributed by atoms with E-state index in [4.69, 9.17) is 5.11 Å². The van der Waals surface area contributed by atoms with Crippen LogP contribution in [0.4, 0.5) is 4.79 Å². The number of rotatable bonds is 4. The van der Waals surface area contributed by atoms with Crippen molar-refractivity contribution in [1.82, 2.24) is 20.2 Å². The average Bonchev–Trinajstić information content (AvgIpc) is 2.79. The number of H-pyrrole nitrogens is 1. The van der Waals surface area contributed by atoms with E-state index in [0.717, 1.165) is 0 Å². The van der Waals surface area contributed by atoms with Crippen molar-refractivity contribution in [2.45, 2.75) is 19.9 Å². The van der Waals surface area contributed by atoms with Crippen molar-refractivity contribution in [3.8, 4) is 0 Å². The summed E-state index contributed by atoms with van der Waals surface area (Å²) in [5, 5.41) is 11.7. The molecule has 7 nitrogen and oxygen atoms in total. The van der Waals surface area contributed by atoms with E-state index in [0.29, 0.717) is 18.9 Å². The second kappa shape index (κ2) is 5.29. The van der Waals surface area contributed by atoms with Gasteiger partial charge < -0.3 is 20.3 Å². The van der Waals surface area contributed by atoms with Crippen LogP contribution >= 0.6 is 0 Å². The third kappa shape index (κ3) is 2.86. The zero-order valence-corrected chi connectivity index (χ0v) is 11.0. The van der Waals surface area contributed by atoms with Gasteiger partial charge in [0, 0.05) is 31.4 Å². The standard InChI is InChI=1S/C12H18N4O3/c1-7(11(17)18)9-5-16(6-9)12(19)15-8(2)10-13-3-4-14-10/h3-4,7-9H,5-6H2,1-2H3,(H,13,14)(H,15,19)(H,17,18). The first-order valence-electron chi connectivity index (χ1n) is 6.26. The van der Waals surface area contributed by atoms with Crippen molar-refractivity contribution in [1.29, 1.82) is 0 Å². The number of aromatic amines is 1. The van der Waals surface area contributed by atoms with Crippen LogP contribution in [0.25, 0.3) is 0 Å². The van der Waals surface area contributed by atoms with Crippen LogP contribution in [0.15, 0.2) is 12.4 Å². The monoisotopic (exact) mass is 266 g/mol. The van der Waals surface area contributed by atoms with E-state index in [2.05, 4.69) is 15.3 Å². The second-order valence-corrected chi connectivity index (χ2v) is 4.94. The number of carboxylic acid groups (broad SMARTS) is 1. The fraction of sp³-hybridized carbons (Fsp3) is 0.583. The van der Waals surface area contributed by atoms with Gasteiger partial charge in [-0.2, -0.15) is 0 Å². The lowest BCUT2D eigenvalue weighted by Gasteiger charge is -2.41. The maximum Gasteiger partial charge on any atom is 0.317 e. The molecule has 7 heteroatoms. The lowest BCUT2D eigenvalue weighted by Crippen LogP contribution is -2.56. The quantitative estimate of drug-likeness (QED) is 0.751. The molecule has 2 heterocycles. The van der Waals surface area contributed by atoms with Crippen LogP contribution in [0.2, 0.25) is 0 Å². The van der Waals surface area contributed by atoms with Gasteiger partial charge in [-0.3, -0.25) is 4.79 Å². The van der Waals surface area contributed by atoms with Crippen LogP contribution in [-0.4, -0.2) is 45.1 Å². The third-order valence-electron chi connectivity index (χ3n) is 3.56. The smallest absolute Gasteiger partial charge is 0.317 e. The van der Waals surface area contributed by atoms with Crippen molar-refractivity contribution in [3.63, 3.8) is 0 Å². The molecule has 2 atom stereocenters. The minimum absolute atomic E-state index is 0.0437. The van der Waals surface area contributed by atoms with E-state index in [1.807, 2.05) is 6.92 Å². The molecule has 0 spiro atoms. The fourth-order valence-corrected chi connectivity index (χ4v) is 2.06. The van der Waals surface area contributed by atoms with Gasteiger partial charge in [0.1, 0.15) is 5.82 Å². The van der Waals surface area contributed by atoms with Gasteiger partial charge in [-0.05, 0) is 6.92 Å². The molecule has 0 saturated carbocycles. The molecule has 1 fully saturated rings. The molecule has 1 aliphatic rings. The number of imidazole rings is 1. The summed E-state index contributed by atoms with van der Waals surface area (Å²) in [6, 6.07) is -0.379. The Morgan fingerprint density at radius 1 is 1.53 bits per heavy atom. The highest BCUT2D eigenvalue weighted by Crippen LogP contribution is 2.24. The number of nitrogens with zero attached hydrogens (tertiary/aromatic N) is 2. The largest absolute Gasteiger partial charge is 0.481 e. The number of hydrogen-bond donors (Lipinski definition) is 3. The van der Waals surface area contributed by atoms with Crippen molar-refractivity contribution in [2.75, 3.05) is 13.1 Å². The first-order chi connectivity index (χ1) is 8.99. The van der Waals surface area contributed by atoms with E-state index in [9.17, 15) is 9.59 Å². The van der Waals surface area contributed by atoms with Gasteiger partial charge in [-0.25, -0.2) is 9.78 Å². The Bertz CT molecular complexity index is 454. The number of carboxylic acids is 1. The SMILES string of the molecule is CC(NC(=O)N1CC(C(C)C(=O)O)C1)c1ncc[nH]1. The van der Waals surface area contributed by atoms with Crippen molar-refractivity contribution in [3.05, 3.63) is 18.2 Å². The third-order valence-corrected chi connectivity index (χ3v) is 3.56. The van der Waals surface area contributed by atoms with E-state index in [-0.39, 0.29) is 18.0 Å². The lowest BCUT2D eigenvalue weighted by molar-refractivity contribution is -0.144. The van der Waals surface area contributed by atoms with E-state index < -0.39 is 11.9 Å². The van der Waals surface area contributed by atoms with Gasteiger partial charge in [-0.15, -0.1) is 0 Å². The normalized spacial score (nSPS) is 18.5. The summed E-state index contributed by atoms with van der Waals surface area (Å²) in [5.74, 6) is -0.480. The Morgan fingerprint density at radius 3 is 2.74 bits per heavy atom. The zero-order chi connectivity index (χ0) is 14.0. The number of nitrogens with one attached hydrogen (secondary N) is 2. The molecule has 2 amide bonds. The van der Waals surface area contributed by atoms with Crippen molar-refractivity contribution in [2.24, 2.45) is 11.8 Å². The molecule has 2 rings (SSSR count). The number of urea groups is 1. The van der Waals surface area contributed by atoms with Crippen LogP contribution < -0.4 is 5.32 Å². The molecule has 1 aliphatic heterocycles. The molecule has 19 heavy (non-hydrogen) atoms. The predicted molar refractivity (Wildman–Crippen MR) is 67.4 cm³/mol. The summed E-state index contributed by atoms with van der Waals surface area (Å²) >= 11 is 0. The summed E-state index contributed by atoms with van der Waals surface area (Å²) in [6.07, 6.45) is 3.33. The summed E-state index contributed by atoms with van der Waals surface area (Å²) in [4.78, 5) is 31.3. The Labute approximate surface area is 111 Å². The Balaban J connectivity index is 1.79. The fourth-order valence-electron chi connectivity index (χ4n) is 2.06. The van der Waals surface area contributed by atoms with Crippen molar-refractivity contribution >= 4 is 12.0 Å². The second-order valence-electron chi connectivity index (χ2n) is 4.94. The molecule has 0 bridgehead atoms. The maximum atomic E-state index is 11.9. The van der Waals surface area contributed by atoms with Gasteiger partial charge in [0.05, 0.1) is 12.0 Å². The minimum Gasteiger partial charge on any atom is -0.481 e. The van der Waals surface area contributed by atoms with Crippen LogP contribution in [0.3, 0.4) is 0 Å². The molecular weight excluding hydrogens is 248 g/mol. The molecule has 1 saturated heterocycles. The van der Waals surface area contributed by atoms with Gasteiger partial charge in [-0.1, -0.05) is 6.92 Å². The van der Waals surface area contributed by atoms with Gasteiger partial charge in [0.2, 0.25) is 0 Å². The Morgan fingerprint density at radius 2 is 2.21 bits per heavy atom. The highest BCUT2D eigenvalue weighted by atomic mass is 16.4. The summed E-state index contributed by atoms with van der Waals surface area (Å²) in [5.41, 5.74) is 0. The number of amides is 2. The molecule has 0 radical (unpaired) electrons. The zero-order valence-electron chi connectivity index (χ0n) is 11.0. The van der Waals surface area contributed by atoms with E-state index >= 15 is 0 Å². The molecule has 1 aromatic heterocycles. The Kier molecular flexibility index (Phi) is 3.73. The number of aliphatic carboxylic acids is 1. The van der Waals surface area contributed by atoms with Crippen LogP contribution in [0, 0.1) is 11.8 Å². The number of aromatic nitrogens is 2. The lowest BCUT2D eigenvalue weighted by atomic mass is 9.87. The van der Waals surface area contributed by atoms with Crippen molar-refractivity contribution < 1.29 is 14.7 Å². The van der Waals surface area contributed by atoms with Crippen LogP contribution in [-0.2, 0) is 4.79 Å². The van der Waals surface area contributed by atoms with Crippen LogP contribution in [0.1, 0.15) is 25.7 Å². The van der Waals surface area contributed by atoms with Gasteiger partial charge in [0.25, 0.3) is 0 Å². The topological polar surface area (TPSA) is 98.3 Å². The first kappa shape index (κ1) is 13.4. The number of carbonyl (C=O) groups excluding carboxylic acids is 1. The number of carbonyl (C=O) groups is 2. The highest BCUT2D eigenvalue weighted by molar-refractivity contribution is 5.76. The molecule has 3 N–H and O–H groups in total. The van der Waals surface area contributed by atoms with Gasteiger partial charge in [0.15, 0.2) is 0 Å². The summed E-state index contributed by atoms with van der Waals surface area (Å²) in [7, 11) is 0. The molecule has 0 aromatic carbocycles. The predicted octanol–water partition coefficient (Wildman–Crippen LogP) is 0.833. The highest BCUT2D eigenvalue weighted by Gasteiger charge is 2.37. The van der Waals surface area contributed by atoms with Crippen LogP contribution in [0.5, 0.6) is 0 Å². The molecule has 2 unspecified atom stereocenters. The maximum absolute atomic E-state index is 11.9. The van der Waals surface area contributed by atoms with Gasteiger partial charge >= 0.3 is 12.0 Å². The molecule has 104 valence electrons. The summed E-state index contributed by atoms with van der Waals surface area (Å²) < 4.78 is 0. The molecule has 1 aromatic rings. The Hall–Kier alpha value is -2.05.